The van der Waals surface area contributed by atoms with Crippen molar-refractivity contribution in [3.05, 3.63) is 29.8 Å². The van der Waals surface area contributed by atoms with Crippen LogP contribution in [0.2, 0.25) is 0 Å². The Morgan fingerprint density at radius 1 is 1.00 bits per heavy atom. The maximum Gasteiger partial charge on any atom is 0.240 e. The minimum absolute atomic E-state index is 0.265. The second-order valence-corrected chi connectivity index (χ2v) is 9.65. The van der Waals surface area contributed by atoms with Crippen molar-refractivity contribution in [1.82, 2.24) is 13.9 Å². The molecule has 1 aliphatic heterocycles. The molecule has 0 atom stereocenters. The summed E-state index contributed by atoms with van der Waals surface area (Å²) in [5.41, 5.74) is 1.10. The first kappa shape index (κ1) is 19.3. The summed E-state index contributed by atoms with van der Waals surface area (Å²) in [6.45, 7) is 5.00. The lowest BCUT2D eigenvalue weighted by atomic mass is 10.2. The Bertz CT molecular complexity index is 737. The van der Waals surface area contributed by atoms with Crippen LogP contribution in [0.25, 0.3) is 0 Å². The summed E-state index contributed by atoms with van der Waals surface area (Å²) in [7, 11) is -6.64. The second kappa shape index (κ2) is 7.92. The molecule has 136 valence electrons. The molecule has 0 saturated carbocycles. The maximum atomic E-state index is 12.2. The number of benzene rings is 1. The fourth-order valence-corrected chi connectivity index (χ4v) is 4.46. The standard InChI is InChI=1S/C15H25N3O4S2/c1-3-14-4-6-15(7-5-14)24(21,22)16-8-9-17-10-12-18(13-11-17)23(2,19)20/h4-7,16H,3,8-13H2,1-2H3. The second-order valence-electron chi connectivity index (χ2n) is 5.90. The van der Waals surface area contributed by atoms with E-state index in [2.05, 4.69) is 9.62 Å². The molecule has 24 heavy (non-hydrogen) atoms. The third kappa shape index (κ3) is 5.25. The van der Waals surface area contributed by atoms with E-state index < -0.39 is 20.0 Å². The zero-order valence-electron chi connectivity index (χ0n) is 14.1. The predicted octanol–water partition coefficient (Wildman–Crippen LogP) is 0.105. The van der Waals surface area contributed by atoms with Crippen LogP contribution in [-0.2, 0) is 26.5 Å². The number of rotatable bonds is 7. The van der Waals surface area contributed by atoms with Gasteiger partial charge in [0.1, 0.15) is 0 Å². The molecule has 2 rings (SSSR count). The van der Waals surface area contributed by atoms with Crippen LogP contribution in [0.4, 0.5) is 0 Å². The molecule has 1 saturated heterocycles. The molecule has 1 aromatic carbocycles. The lowest BCUT2D eigenvalue weighted by molar-refractivity contribution is 0.192. The molecular weight excluding hydrogens is 350 g/mol. The van der Waals surface area contributed by atoms with E-state index >= 15 is 0 Å². The van der Waals surface area contributed by atoms with Crippen LogP contribution in [0.1, 0.15) is 12.5 Å². The maximum absolute atomic E-state index is 12.2. The van der Waals surface area contributed by atoms with Crippen LogP contribution in [-0.4, -0.2) is 71.6 Å². The molecule has 0 aliphatic carbocycles. The summed E-state index contributed by atoms with van der Waals surface area (Å²) < 4.78 is 51.4. The largest absolute Gasteiger partial charge is 0.299 e. The van der Waals surface area contributed by atoms with E-state index in [4.69, 9.17) is 0 Å². The topological polar surface area (TPSA) is 86.8 Å². The lowest BCUT2D eigenvalue weighted by Crippen LogP contribution is -2.49. The Hall–Kier alpha value is -1.00. The number of hydrogen-bond acceptors (Lipinski definition) is 5. The Morgan fingerprint density at radius 3 is 2.08 bits per heavy atom. The van der Waals surface area contributed by atoms with Gasteiger partial charge >= 0.3 is 0 Å². The quantitative estimate of drug-likeness (QED) is 0.731. The summed E-state index contributed by atoms with van der Waals surface area (Å²) >= 11 is 0. The summed E-state index contributed by atoms with van der Waals surface area (Å²) in [5, 5.41) is 0. The zero-order valence-corrected chi connectivity index (χ0v) is 15.7. The van der Waals surface area contributed by atoms with Gasteiger partial charge in [0, 0.05) is 39.3 Å². The Kier molecular flexibility index (Phi) is 6.38. The average Bonchev–Trinajstić information content (AvgIpc) is 2.54. The van der Waals surface area contributed by atoms with Crippen molar-refractivity contribution >= 4 is 20.0 Å². The van der Waals surface area contributed by atoms with Gasteiger partial charge in [-0.25, -0.2) is 21.6 Å². The van der Waals surface area contributed by atoms with E-state index in [1.165, 1.54) is 10.6 Å². The molecule has 0 unspecified atom stereocenters. The minimum Gasteiger partial charge on any atom is -0.299 e. The molecule has 9 heteroatoms. The fraction of sp³-hybridized carbons (Fsp3) is 0.600. The van der Waals surface area contributed by atoms with Crippen molar-refractivity contribution in [2.75, 3.05) is 45.5 Å². The van der Waals surface area contributed by atoms with Crippen molar-refractivity contribution in [2.24, 2.45) is 0 Å². The molecule has 0 amide bonds. The van der Waals surface area contributed by atoms with E-state index in [9.17, 15) is 16.8 Å². The molecule has 1 aromatic rings. The SMILES string of the molecule is CCc1ccc(S(=O)(=O)NCCN2CCN(S(C)(=O)=O)CC2)cc1. The molecule has 7 nitrogen and oxygen atoms in total. The molecule has 1 N–H and O–H groups in total. The van der Waals surface area contributed by atoms with Gasteiger partial charge in [0.05, 0.1) is 11.2 Å². The highest BCUT2D eigenvalue weighted by Gasteiger charge is 2.23. The molecule has 0 aromatic heterocycles. The van der Waals surface area contributed by atoms with Gasteiger partial charge in [0.2, 0.25) is 20.0 Å². The average molecular weight is 376 g/mol. The number of hydrogen-bond donors (Lipinski definition) is 1. The van der Waals surface area contributed by atoms with Gasteiger partial charge in [-0.1, -0.05) is 19.1 Å². The van der Waals surface area contributed by atoms with Gasteiger partial charge in [0.15, 0.2) is 0 Å². The van der Waals surface area contributed by atoms with E-state index in [0.717, 1.165) is 12.0 Å². The number of piperazine rings is 1. The highest BCUT2D eigenvalue weighted by Crippen LogP contribution is 2.11. The van der Waals surface area contributed by atoms with Crippen LogP contribution in [0, 0.1) is 0 Å². The molecular formula is C15H25N3O4S2. The van der Waals surface area contributed by atoms with Gasteiger partial charge in [-0.05, 0) is 24.1 Å². The Morgan fingerprint density at radius 2 is 1.58 bits per heavy atom. The Balaban J connectivity index is 1.81. The third-order valence-corrected chi connectivity index (χ3v) is 6.94. The van der Waals surface area contributed by atoms with E-state index in [1.54, 1.807) is 12.1 Å². The van der Waals surface area contributed by atoms with E-state index in [-0.39, 0.29) is 4.90 Å². The first-order chi connectivity index (χ1) is 11.2. The first-order valence-electron chi connectivity index (χ1n) is 7.98. The van der Waals surface area contributed by atoms with Crippen molar-refractivity contribution in [3.8, 4) is 0 Å². The molecule has 1 heterocycles. The van der Waals surface area contributed by atoms with Crippen LogP contribution in [0.5, 0.6) is 0 Å². The summed E-state index contributed by atoms with van der Waals surface area (Å²) in [4.78, 5) is 2.33. The number of sulfonamides is 2. The van der Waals surface area contributed by atoms with Gasteiger partial charge in [-0.3, -0.25) is 4.90 Å². The predicted molar refractivity (Wildman–Crippen MR) is 93.9 cm³/mol. The van der Waals surface area contributed by atoms with Crippen LogP contribution in [0.15, 0.2) is 29.2 Å². The lowest BCUT2D eigenvalue weighted by Gasteiger charge is -2.33. The smallest absolute Gasteiger partial charge is 0.240 e. The van der Waals surface area contributed by atoms with Gasteiger partial charge < -0.3 is 0 Å². The first-order valence-corrected chi connectivity index (χ1v) is 11.3. The third-order valence-electron chi connectivity index (χ3n) is 4.16. The molecule has 0 spiro atoms. The van der Waals surface area contributed by atoms with Gasteiger partial charge in [-0.2, -0.15) is 4.31 Å². The minimum atomic E-state index is -3.50. The fourth-order valence-electron chi connectivity index (χ4n) is 2.61. The Labute approximate surface area is 144 Å². The summed E-state index contributed by atoms with van der Waals surface area (Å²) in [6, 6.07) is 6.87. The van der Waals surface area contributed by atoms with Crippen molar-refractivity contribution < 1.29 is 16.8 Å². The molecule has 1 aliphatic rings. The number of aryl methyl sites for hydroxylation is 1. The highest BCUT2D eigenvalue weighted by molar-refractivity contribution is 7.89. The van der Waals surface area contributed by atoms with E-state index in [1.807, 2.05) is 19.1 Å². The number of nitrogens with zero attached hydrogens (tertiary/aromatic N) is 2. The van der Waals surface area contributed by atoms with Crippen molar-refractivity contribution in [1.29, 1.82) is 0 Å². The summed E-state index contributed by atoms with van der Waals surface area (Å²) in [6.07, 6.45) is 2.08. The zero-order chi connectivity index (χ0) is 17.8. The van der Waals surface area contributed by atoms with Crippen molar-refractivity contribution in [2.45, 2.75) is 18.2 Å². The summed E-state index contributed by atoms with van der Waals surface area (Å²) in [5.74, 6) is 0. The monoisotopic (exact) mass is 375 g/mol. The molecule has 0 radical (unpaired) electrons. The van der Waals surface area contributed by atoms with E-state index in [0.29, 0.717) is 39.3 Å². The number of nitrogens with one attached hydrogen (secondary N) is 1. The highest BCUT2D eigenvalue weighted by atomic mass is 32.2. The van der Waals surface area contributed by atoms with Gasteiger partial charge in [0.25, 0.3) is 0 Å². The molecule has 1 fully saturated rings. The normalized spacial score (nSPS) is 17.9. The van der Waals surface area contributed by atoms with Crippen molar-refractivity contribution in [3.63, 3.8) is 0 Å². The van der Waals surface area contributed by atoms with Crippen LogP contribution in [0.3, 0.4) is 0 Å². The molecule has 0 bridgehead atoms. The van der Waals surface area contributed by atoms with Gasteiger partial charge in [-0.15, -0.1) is 0 Å². The van der Waals surface area contributed by atoms with Crippen LogP contribution >= 0.6 is 0 Å². The van der Waals surface area contributed by atoms with Crippen LogP contribution < -0.4 is 4.72 Å².